The van der Waals surface area contributed by atoms with E-state index in [2.05, 4.69) is 0 Å². The van der Waals surface area contributed by atoms with Crippen LogP contribution >= 0.6 is 11.6 Å². The van der Waals surface area contributed by atoms with Crippen molar-refractivity contribution >= 4 is 23.5 Å². The highest BCUT2D eigenvalue weighted by Gasteiger charge is 2.35. The zero-order valence-corrected chi connectivity index (χ0v) is 10.8. The number of furan rings is 1. The predicted molar refractivity (Wildman–Crippen MR) is 64.4 cm³/mol. The molecular weight excluding hydrogens is 258 g/mol. The molecule has 0 aliphatic heterocycles. The van der Waals surface area contributed by atoms with Crippen LogP contribution in [0.1, 0.15) is 30.1 Å². The van der Waals surface area contributed by atoms with Crippen molar-refractivity contribution in [3.8, 4) is 0 Å². The Morgan fingerprint density at radius 2 is 2.28 bits per heavy atom. The molecule has 0 aromatic carbocycles. The Morgan fingerprint density at radius 3 is 2.78 bits per heavy atom. The first-order valence-electron chi connectivity index (χ1n) is 5.83. The lowest BCUT2D eigenvalue weighted by Crippen LogP contribution is -2.38. The lowest BCUT2D eigenvalue weighted by molar-refractivity contribution is -0.144. The third kappa shape index (κ3) is 2.85. The van der Waals surface area contributed by atoms with Gasteiger partial charge in [0, 0.05) is 6.04 Å². The maximum atomic E-state index is 12.2. The number of nitrogens with zero attached hydrogens (tertiary/aromatic N) is 1. The van der Waals surface area contributed by atoms with E-state index in [0.717, 1.165) is 12.8 Å². The molecule has 1 aliphatic rings. The molecular formula is C12H14ClNO4. The molecule has 0 radical (unpaired) electrons. The van der Waals surface area contributed by atoms with Gasteiger partial charge in [0.2, 0.25) is 5.22 Å². The summed E-state index contributed by atoms with van der Waals surface area (Å²) in [6.07, 6.45) is 3.16. The second-order valence-corrected chi connectivity index (χ2v) is 4.42. The number of amides is 1. The average molecular weight is 272 g/mol. The Balaban J connectivity index is 2.08. The second kappa shape index (κ2) is 5.44. The van der Waals surface area contributed by atoms with Crippen molar-refractivity contribution in [3.63, 3.8) is 0 Å². The number of ether oxygens (including phenoxy) is 1. The number of hydrogen-bond donors (Lipinski definition) is 0. The molecule has 0 bridgehead atoms. The van der Waals surface area contributed by atoms with Crippen LogP contribution in [0.25, 0.3) is 0 Å². The Morgan fingerprint density at radius 1 is 1.56 bits per heavy atom. The molecule has 1 aromatic heterocycles. The van der Waals surface area contributed by atoms with E-state index < -0.39 is 5.97 Å². The fourth-order valence-electron chi connectivity index (χ4n) is 1.70. The van der Waals surface area contributed by atoms with Crippen LogP contribution in [0.4, 0.5) is 0 Å². The molecule has 0 atom stereocenters. The van der Waals surface area contributed by atoms with E-state index >= 15 is 0 Å². The zero-order chi connectivity index (χ0) is 13.1. The van der Waals surface area contributed by atoms with Crippen LogP contribution in [-0.4, -0.2) is 36.0 Å². The van der Waals surface area contributed by atoms with Crippen LogP contribution in [0.2, 0.25) is 5.22 Å². The molecule has 0 unspecified atom stereocenters. The molecule has 2 rings (SSSR count). The molecule has 1 aliphatic carbocycles. The minimum atomic E-state index is -0.405. The zero-order valence-electron chi connectivity index (χ0n) is 10.0. The van der Waals surface area contributed by atoms with E-state index in [1.165, 1.54) is 17.2 Å². The minimum Gasteiger partial charge on any atom is -0.465 e. The summed E-state index contributed by atoms with van der Waals surface area (Å²) in [6.45, 7) is 1.99. The molecule has 98 valence electrons. The Kier molecular flexibility index (Phi) is 3.91. The number of esters is 1. The third-order valence-electron chi connectivity index (χ3n) is 2.70. The van der Waals surface area contributed by atoms with Crippen LogP contribution < -0.4 is 0 Å². The summed E-state index contributed by atoms with van der Waals surface area (Å²) in [5, 5.41) is 0.0505. The summed E-state index contributed by atoms with van der Waals surface area (Å²) in [6, 6.07) is 1.61. The number of carbonyl (C=O) groups excluding carboxylic acids is 2. The molecule has 5 nitrogen and oxygen atoms in total. The van der Waals surface area contributed by atoms with Crippen molar-refractivity contribution in [2.24, 2.45) is 0 Å². The summed E-state index contributed by atoms with van der Waals surface area (Å²) in [7, 11) is 0. The first-order chi connectivity index (χ1) is 8.63. The Labute approximate surface area is 110 Å². The summed E-state index contributed by atoms with van der Waals surface area (Å²) >= 11 is 5.77. The number of carbonyl (C=O) groups is 2. The summed E-state index contributed by atoms with van der Waals surface area (Å²) in [4.78, 5) is 25.2. The highest BCUT2D eigenvalue weighted by atomic mass is 35.5. The number of hydrogen-bond acceptors (Lipinski definition) is 4. The predicted octanol–water partition coefficient (Wildman–Crippen LogP) is 2.10. The maximum Gasteiger partial charge on any atom is 0.325 e. The van der Waals surface area contributed by atoms with E-state index in [1.54, 1.807) is 6.92 Å². The third-order valence-corrected chi connectivity index (χ3v) is 2.99. The molecule has 0 saturated heterocycles. The van der Waals surface area contributed by atoms with Crippen molar-refractivity contribution in [1.29, 1.82) is 0 Å². The summed E-state index contributed by atoms with van der Waals surface area (Å²) < 4.78 is 9.75. The van der Waals surface area contributed by atoms with Crippen molar-refractivity contribution in [2.75, 3.05) is 13.2 Å². The van der Waals surface area contributed by atoms with E-state index in [0.29, 0.717) is 6.61 Å². The van der Waals surface area contributed by atoms with Gasteiger partial charge in [-0.3, -0.25) is 9.59 Å². The molecule has 1 aromatic rings. The summed E-state index contributed by atoms with van der Waals surface area (Å²) in [5.74, 6) is -0.693. The van der Waals surface area contributed by atoms with Gasteiger partial charge in [0.15, 0.2) is 0 Å². The quantitative estimate of drug-likeness (QED) is 0.770. The molecule has 0 N–H and O–H groups in total. The monoisotopic (exact) mass is 271 g/mol. The van der Waals surface area contributed by atoms with Gasteiger partial charge >= 0.3 is 5.97 Å². The van der Waals surface area contributed by atoms with Crippen molar-refractivity contribution in [3.05, 3.63) is 23.1 Å². The van der Waals surface area contributed by atoms with E-state index in [9.17, 15) is 9.59 Å². The topological polar surface area (TPSA) is 59.8 Å². The second-order valence-electron chi connectivity index (χ2n) is 4.08. The van der Waals surface area contributed by atoms with Gasteiger partial charge in [-0.25, -0.2) is 0 Å². The highest BCUT2D eigenvalue weighted by Crippen LogP contribution is 2.29. The molecule has 6 heteroatoms. The standard InChI is InChI=1S/C12H14ClNO4/c1-2-17-10(15)7-14(8-3-4-8)12(16)9-5-6-18-11(9)13/h5-6,8H,2-4,7H2,1H3. The SMILES string of the molecule is CCOC(=O)CN(C(=O)c1ccoc1Cl)C1CC1. The average Bonchev–Trinajstić information content (AvgIpc) is 3.08. The number of halogens is 1. The van der Waals surface area contributed by atoms with Crippen LogP contribution in [0, 0.1) is 0 Å². The van der Waals surface area contributed by atoms with Crippen molar-refractivity contribution < 1.29 is 18.7 Å². The first-order valence-corrected chi connectivity index (χ1v) is 6.21. The molecule has 1 heterocycles. The smallest absolute Gasteiger partial charge is 0.325 e. The van der Waals surface area contributed by atoms with Gasteiger partial charge in [0.1, 0.15) is 6.54 Å². The minimum absolute atomic E-state index is 0.0428. The molecule has 1 fully saturated rings. The number of rotatable bonds is 5. The van der Waals surface area contributed by atoms with Crippen LogP contribution in [0.15, 0.2) is 16.7 Å². The van der Waals surface area contributed by atoms with E-state index in [-0.39, 0.29) is 29.3 Å². The van der Waals surface area contributed by atoms with Crippen LogP contribution in [0.3, 0.4) is 0 Å². The van der Waals surface area contributed by atoms with Crippen molar-refractivity contribution in [1.82, 2.24) is 4.90 Å². The first kappa shape index (κ1) is 13.0. The largest absolute Gasteiger partial charge is 0.465 e. The van der Waals surface area contributed by atoms with Gasteiger partial charge < -0.3 is 14.1 Å². The molecule has 1 amide bonds. The molecule has 18 heavy (non-hydrogen) atoms. The van der Waals surface area contributed by atoms with Crippen LogP contribution in [0.5, 0.6) is 0 Å². The van der Waals surface area contributed by atoms with Gasteiger partial charge in [0.25, 0.3) is 5.91 Å². The highest BCUT2D eigenvalue weighted by molar-refractivity contribution is 6.32. The lowest BCUT2D eigenvalue weighted by Gasteiger charge is -2.20. The van der Waals surface area contributed by atoms with Crippen LogP contribution in [-0.2, 0) is 9.53 Å². The fraction of sp³-hybridized carbons (Fsp3) is 0.500. The van der Waals surface area contributed by atoms with Gasteiger partial charge in [-0.05, 0) is 37.4 Å². The Hall–Kier alpha value is -1.49. The van der Waals surface area contributed by atoms with Gasteiger partial charge in [-0.1, -0.05) is 0 Å². The fourth-order valence-corrected chi connectivity index (χ4v) is 1.89. The molecule has 1 saturated carbocycles. The normalized spacial score (nSPS) is 14.3. The van der Waals surface area contributed by atoms with Gasteiger partial charge in [0.05, 0.1) is 18.4 Å². The lowest BCUT2D eigenvalue weighted by atomic mass is 10.3. The molecule has 0 spiro atoms. The van der Waals surface area contributed by atoms with Crippen molar-refractivity contribution in [2.45, 2.75) is 25.8 Å². The summed E-state index contributed by atoms with van der Waals surface area (Å²) in [5.41, 5.74) is 0.285. The van der Waals surface area contributed by atoms with E-state index in [4.69, 9.17) is 20.8 Å². The maximum absolute atomic E-state index is 12.2. The van der Waals surface area contributed by atoms with E-state index in [1.807, 2.05) is 0 Å². The van der Waals surface area contributed by atoms with Gasteiger partial charge in [-0.2, -0.15) is 0 Å². The Bertz CT molecular complexity index is 453. The van der Waals surface area contributed by atoms with Gasteiger partial charge in [-0.15, -0.1) is 0 Å².